The summed E-state index contributed by atoms with van der Waals surface area (Å²) in [6.07, 6.45) is 0. The molecule has 0 aliphatic carbocycles. The summed E-state index contributed by atoms with van der Waals surface area (Å²) in [6.45, 7) is 1.42. The average molecular weight is 361 g/mol. The van der Waals surface area contributed by atoms with Gasteiger partial charge in [0.2, 0.25) is 10.0 Å². The molecular weight excluding hydrogens is 342 g/mol. The second-order valence-corrected chi connectivity index (χ2v) is 7.49. The van der Waals surface area contributed by atoms with Crippen molar-refractivity contribution in [2.45, 2.75) is 11.8 Å². The SMILES string of the molecule is Cc1ccc(S(=O)(=O)N(C)CC(=O)NNC(=O)c2ccccc2)cc1. The van der Waals surface area contributed by atoms with Crippen LogP contribution >= 0.6 is 0 Å². The van der Waals surface area contributed by atoms with Crippen molar-refractivity contribution < 1.29 is 18.0 Å². The molecule has 2 N–H and O–H groups in total. The molecule has 0 aromatic heterocycles. The molecule has 2 aromatic carbocycles. The Balaban J connectivity index is 1.93. The van der Waals surface area contributed by atoms with Gasteiger partial charge in [-0.05, 0) is 31.2 Å². The van der Waals surface area contributed by atoms with E-state index < -0.39 is 28.4 Å². The summed E-state index contributed by atoms with van der Waals surface area (Å²) in [5.74, 6) is -1.14. The topological polar surface area (TPSA) is 95.6 Å². The molecule has 2 amide bonds. The van der Waals surface area contributed by atoms with Gasteiger partial charge in [-0.1, -0.05) is 35.9 Å². The number of carbonyl (C=O) groups excluding carboxylic acids is 2. The van der Waals surface area contributed by atoms with Crippen molar-refractivity contribution in [3.8, 4) is 0 Å². The lowest BCUT2D eigenvalue weighted by Gasteiger charge is -2.17. The Bertz CT molecular complexity index is 849. The van der Waals surface area contributed by atoms with Gasteiger partial charge in [-0.3, -0.25) is 20.4 Å². The van der Waals surface area contributed by atoms with Crippen LogP contribution < -0.4 is 10.9 Å². The molecule has 0 saturated carbocycles. The zero-order chi connectivity index (χ0) is 18.4. The highest BCUT2D eigenvalue weighted by Crippen LogP contribution is 2.14. The molecule has 0 aliphatic rings. The van der Waals surface area contributed by atoms with Gasteiger partial charge in [0.05, 0.1) is 11.4 Å². The Morgan fingerprint density at radius 3 is 2.16 bits per heavy atom. The van der Waals surface area contributed by atoms with Crippen molar-refractivity contribution in [2.24, 2.45) is 0 Å². The quantitative estimate of drug-likeness (QED) is 0.779. The van der Waals surface area contributed by atoms with Crippen molar-refractivity contribution in [2.75, 3.05) is 13.6 Å². The third-order valence-electron chi connectivity index (χ3n) is 3.45. The number of carbonyl (C=O) groups is 2. The van der Waals surface area contributed by atoms with Crippen LogP contribution in [0.15, 0.2) is 59.5 Å². The highest BCUT2D eigenvalue weighted by Gasteiger charge is 2.23. The number of sulfonamides is 1. The highest BCUT2D eigenvalue weighted by molar-refractivity contribution is 7.89. The first-order chi connectivity index (χ1) is 11.8. The number of benzene rings is 2. The maximum absolute atomic E-state index is 12.4. The molecule has 2 rings (SSSR count). The third-order valence-corrected chi connectivity index (χ3v) is 5.26. The Morgan fingerprint density at radius 2 is 1.56 bits per heavy atom. The lowest BCUT2D eigenvalue weighted by atomic mass is 10.2. The van der Waals surface area contributed by atoms with E-state index in [4.69, 9.17) is 0 Å². The number of nitrogens with zero attached hydrogens (tertiary/aromatic N) is 1. The van der Waals surface area contributed by atoms with Crippen LogP contribution in [0.1, 0.15) is 15.9 Å². The molecule has 0 fully saturated rings. The number of hydrogen-bond donors (Lipinski definition) is 2. The predicted molar refractivity (Wildman–Crippen MR) is 93.0 cm³/mol. The fourth-order valence-electron chi connectivity index (χ4n) is 2.01. The van der Waals surface area contributed by atoms with E-state index >= 15 is 0 Å². The summed E-state index contributed by atoms with van der Waals surface area (Å²) in [6, 6.07) is 14.7. The van der Waals surface area contributed by atoms with Crippen molar-refractivity contribution in [3.05, 3.63) is 65.7 Å². The van der Waals surface area contributed by atoms with E-state index in [9.17, 15) is 18.0 Å². The Morgan fingerprint density at radius 1 is 0.960 bits per heavy atom. The predicted octanol–water partition coefficient (Wildman–Crippen LogP) is 1.08. The van der Waals surface area contributed by atoms with Crippen molar-refractivity contribution >= 4 is 21.8 Å². The Labute approximate surface area is 146 Å². The monoisotopic (exact) mass is 361 g/mol. The maximum Gasteiger partial charge on any atom is 0.269 e. The molecule has 0 bridgehead atoms. The van der Waals surface area contributed by atoms with E-state index in [1.165, 1.54) is 19.2 Å². The van der Waals surface area contributed by atoms with E-state index in [1.54, 1.807) is 42.5 Å². The molecule has 8 heteroatoms. The van der Waals surface area contributed by atoms with Crippen LogP contribution in [0.4, 0.5) is 0 Å². The van der Waals surface area contributed by atoms with Gasteiger partial charge in [-0.15, -0.1) is 0 Å². The van der Waals surface area contributed by atoms with Crippen molar-refractivity contribution in [3.63, 3.8) is 0 Å². The van der Waals surface area contributed by atoms with Crippen LogP contribution in [0.25, 0.3) is 0 Å². The van der Waals surface area contributed by atoms with E-state index in [0.717, 1.165) is 9.87 Å². The van der Waals surface area contributed by atoms with Crippen LogP contribution in [0.3, 0.4) is 0 Å². The molecule has 0 unspecified atom stereocenters. The average Bonchev–Trinajstić information content (AvgIpc) is 2.60. The molecule has 0 aliphatic heterocycles. The number of likely N-dealkylation sites (N-methyl/N-ethyl adjacent to an activating group) is 1. The molecule has 0 spiro atoms. The number of aryl methyl sites for hydroxylation is 1. The van der Waals surface area contributed by atoms with Gasteiger partial charge >= 0.3 is 0 Å². The van der Waals surface area contributed by atoms with E-state index in [0.29, 0.717) is 5.56 Å². The number of hydrogen-bond acceptors (Lipinski definition) is 4. The fourth-order valence-corrected chi connectivity index (χ4v) is 3.13. The van der Waals surface area contributed by atoms with Gasteiger partial charge in [0.25, 0.3) is 11.8 Å². The molecule has 0 saturated heterocycles. The van der Waals surface area contributed by atoms with Gasteiger partial charge in [-0.2, -0.15) is 4.31 Å². The van der Waals surface area contributed by atoms with E-state index in [2.05, 4.69) is 10.9 Å². The Kier molecular flexibility index (Phi) is 5.89. The van der Waals surface area contributed by atoms with Crippen LogP contribution in [0.5, 0.6) is 0 Å². The number of nitrogens with one attached hydrogen (secondary N) is 2. The minimum atomic E-state index is -3.78. The Hall–Kier alpha value is -2.71. The van der Waals surface area contributed by atoms with Crippen molar-refractivity contribution in [1.82, 2.24) is 15.2 Å². The number of amides is 2. The minimum Gasteiger partial charge on any atom is -0.272 e. The first-order valence-electron chi connectivity index (χ1n) is 7.48. The van der Waals surface area contributed by atoms with Gasteiger partial charge in [0.1, 0.15) is 0 Å². The summed E-state index contributed by atoms with van der Waals surface area (Å²) in [5.41, 5.74) is 5.75. The summed E-state index contributed by atoms with van der Waals surface area (Å²) < 4.78 is 25.7. The molecule has 7 nitrogen and oxygen atoms in total. The molecule has 2 aromatic rings. The van der Waals surface area contributed by atoms with Gasteiger partial charge in [-0.25, -0.2) is 8.42 Å². The summed E-state index contributed by atoms with van der Waals surface area (Å²) in [4.78, 5) is 23.8. The third kappa shape index (κ3) is 4.88. The summed E-state index contributed by atoms with van der Waals surface area (Å²) in [7, 11) is -2.48. The van der Waals surface area contributed by atoms with Gasteiger partial charge in [0, 0.05) is 12.6 Å². The largest absolute Gasteiger partial charge is 0.272 e. The van der Waals surface area contributed by atoms with Crippen LogP contribution in [0.2, 0.25) is 0 Å². The van der Waals surface area contributed by atoms with E-state index in [-0.39, 0.29) is 4.90 Å². The van der Waals surface area contributed by atoms with Gasteiger partial charge < -0.3 is 0 Å². The highest BCUT2D eigenvalue weighted by atomic mass is 32.2. The first-order valence-corrected chi connectivity index (χ1v) is 8.92. The molecular formula is C17H19N3O4S. The van der Waals surface area contributed by atoms with Crippen LogP contribution in [-0.2, 0) is 14.8 Å². The second-order valence-electron chi connectivity index (χ2n) is 5.44. The molecule has 25 heavy (non-hydrogen) atoms. The molecule has 0 radical (unpaired) electrons. The van der Waals surface area contributed by atoms with Crippen LogP contribution in [0, 0.1) is 6.92 Å². The van der Waals surface area contributed by atoms with Gasteiger partial charge in [0.15, 0.2) is 0 Å². The minimum absolute atomic E-state index is 0.0988. The fraction of sp³-hybridized carbons (Fsp3) is 0.176. The maximum atomic E-state index is 12.4. The lowest BCUT2D eigenvalue weighted by molar-refractivity contribution is -0.121. The summed E-state index contributed by atoms with van der Waals surface area (Å²) >= 11 is 0. The molecule has 0 atom stereocenters. The lowest BCUT2D eigenvalue weighted by Crippen LogP contribution is -2.46. The van der Waals surface area contributed by atoms with Crippen LogP contribution in [-0.4, -0.2) is 38.1 Å². The zero-order valence-corrected chi connectivity index (χ0v) is 14.7. The number of rotatable bonds is 5. The van der Waals surface area contributed by atoms with Crippen molar-refractivity contribution in [1.29, 1.82) is 0 Å². The number of hydrazine groups is 1. The normalized spacial score (nSPS) is 11.2. The smallest absolute Gasteiger partial charge is 0.269 e. The summed E-state index contributed by atoms with van der Waals surface area (Å²) in [5, 5.41) is 0. The first kappa shape index (κ1) is 18.6. The molecule has 132 valence electrons. The standard InChI is InChI=1S/C17H19N3O4S/c1-13-8-10-15(11-9-13)25(23,24)20(2)12-16(21)18-19-17(22)14-6-4-3-5-7-14/h3-11H,12H2,1-2H3,(H,18,21)(H,19,22). The van der Waals surface area contributed by atoms with E-state index in [1.807, 2.05) is 6.92 Å². The zero-order valence-electron chi connectivity index (χ0n) is 13.9. The second kappa shape index (κ2) is 7.91. The molecule has 0 heterocycles.